The number of rotatable bonds is 8. The molecule has 36 heavy (non-hydrogen) atoms. The Bertz CT molecular complexity index is 1100. The van der Waals surface area contributed by atoms with E-state index in [1.54, 1.807) is 20.8 Å². The van der Waals surface area contributed by atoms with Gasteiger partial charge >= 0.3 is 24.1 Å². The number of benzene rings is 2. The van der Waals surface area contributed by atoms with Crippen LogP contribution in [0.4, 0.5) is 9.59 Å². The molecule has 0 saturated heterocycles. The molecule has 0 fully saturated rings. The molecule has 0 heterocycles. The van der Waals surface area contributed by atoms with Gasteiger partial charge in [-0.15, -0.1) is 0 Å². The highest BCUT2D eigenvalue weighted by molar-refractivity contribution is 5.82. The van der Waals surface area contributed by atoms with Crippen LogP contribution < -0.4 is 10.6 Å². The average Bonchev–Trinajstić information content (AvgIpc) is 3.12. The third-order valence-electron chi connectivity index (χ3n) is 5.45. The first kappa shape index (κ1) is 26.5. The molecule has 0 bridgehead atoms. The number of esters is 1. The minimum atomic E-state index is -1.54. The van der Waals surface area contributed by atoms with Gasteiger partial charge in [-0.3, -0.25) is 4.79 Å². The fourth-order valence-corrected chi connectivity index (χ4v) is 3.93. The summed E-state index contributed by atoms with van der Waals surface area (Å²) in [5, 5.41) is 13.8. The lowest BCUT2D eigenvalue weighted by Gasteiger charge is -2.24. The number of carboxylic acid groups (broad SMARTS) is 1. The van der Waals surface area contributed by atoms with Crippen LogP contribution in [0.5, 0.6) is 0 Å². The Kier molecular flexibility index (Phi) is 8.18. The van der Waals surface area contributed by atoms with Crippen LogP contribution in [0.1, 0.15) is 44.7 Å². The maximum atomic E-state index is 12.2. The number of aliphatic carboxylic acids is 1. The SMILES string of the molecule is C[C@@H](OC(=O)CNC(=O)OCC1c2ccccc2-c2ccccc21)[C@H](NC(=O)OC(C)(C)C)C(=O)O. The van der Waals surface area contributed by atoms with Gasteiger partial charge in [-0.25, -0.2) is 14.4 Å². The molecule has 2 atom stereocenters. The van der Waals surface area contributed by atoms with Gasteiger partial charge in [0.25, 0.3) is 0 Å². The van der Waals surface area contributed by atoms with Crippen molar-refractivity contribution in [2.45, 2.75) is 51.4 Å². The molecular formula is C26H30N2O8. The molecule has 3 N–H and O–H groups in total. The van der Waals surface area contributed by atoms with E-state index < -0.39 is 48.4 Å². The van der Waals surface area contributed by atoms with E-state index in [2.05, 4.69) is 10.6 Å². The molecule has 10 heteroatoms. The third kappa shape index (κ3) is 6.74. The zero-order valence-electron chi connectivity index (χ0n) is 20.6. The number of amides is 2. The van der Waals surface area contributed by atoms with Crippen molar-refractivity contribution in [3.8, 4) is 11.1 Å². The largest absolute Gasteiger partial charge is 0.480 e. The summed E-state index contributed by atoms with van der Waals surface area (Å²) in [5.41, 5.74) is 3.45. The first-order valence-corrected chi connectivity index (χ1v) is 11.5. The molecule has 192 valence electrons. The molecule has 1 aliphatic rings. The number of hydrogen-bond acceptors (Lipinski definition) is 7. The summed E-state index contributed by atoms with van der Waals surface area (Å²) in [7, 11) is 0. The lowest BCUT2D eigenvalue weighted by Crippen LogP contribution is -2.51. The predicted molar refractivity (Wildman–Crippen MR) is 129 cm³/mol. The molecule has 1 aliphatic carbocycles. The number of alkyl carbamates (subject to hydrolysis) is 2. The Morgan fingerprint density at radius 2 is 1.50 bits per heavy atom. The normalized spacial score (nSPS) is 14.0. The summed E-state index contributed by atoms with van der Waals surface area (Å²) in [4.78, 5) is 47.8. The lowest BCUT2D eigenvalue weighted by molar-refractivity contribution is -0.153. The molecule has 0 aromatic heterocycles. The van der Waals surface area contributed by atoms with Crippen molar-refractivity contribution in [1.29, 1.82) is 0 Å². The highest BCUT2D eigenvalue weighted by atomic mass is 16.6. The monoisotopic (exact) mass is 498 g/mol. The van der Waals surface area contributed by atoms with E-state index in [1.165, 1.54) is 6.92 Å². The summed E-state index contributed by atoms with van der Waals surface area (Å²) in [6, 6.07) is 14.2. The highest BCUT2D eigenvalue weighted by Gasteiger charge is 2.32. The Morgan fingerprint density at radius 1 is 0.944 bits per heavy atom. The molecule has 2 aromatic carbocycles. The lowest BCUT2D eigenvalue weighted by atomic mass is 9.98. The number of carbonyl (C=O) groups excluding carboxylic acids is 3. The van der Waals surface area contributed by atoms with Crippen LogP contribution in [0.3, 0.4) is 0 Å². The highest BCUT2D eigenvalue weighted by Crippen LogP contribution is 2.44. The quantitative estimate of drug-likeness (QED) is 0.371. The van der Waals surface area contributed by atoms with Crippen molar-refractivity contribution in [1.82, 2.24) is 10.6 Å². The van der Waals surface area contributed by atoms with E-state index in [4.69, 9.17) is 14.2 Å². The van der Waals surface area contributed by atoms with Crippen molar-refractivity contribution in [3.05, 3.63) is 59.7 Å². The van der Waals surface area contributed by atoms with Crippen molar-refractivity contribution in [2.24, 2.45) is 0 Å². The van der Waals surface area contributed by atoms with Gasteiger partial charge in [0.1, 0.15) is 24.9 Å². The van der Waals surface area contributed by atoms with E-state index in [-0.39, 0.29) is 12.5 Å². The second kappa shape index (κ2) is 11.1. The van der Waals surface area contributed by atoms with Gasteiger partial charge in [-0.05, 0) is 49.9 Å². The topological polar surface area (TPSA) is 140 Å². The standard InChI is InChI=1S/C26H30N2O8/c1-15(22(23(30)31)28-25(33)36-26(2,3)4)35-21(29)13-27-24(32)34-14-20-18-11-7-5-9-16(18)17-10-6-8-12-19(17)20/h5-12,15,20,22H,13-14H2,1-4H3,(H,27,32)(H,28,33)(H,30,31)/t15-,22+/m1/s1. The number of carbonyl (C=O) groups is 4. The van der Waals surface area contributed by atoms with E-state index in [9.17, 15) is 24.3 Å². The van der Waals surface area contributed by atoms with Crippen LogP contribution in [-0.4, -0.2) is 60.1 Å². The summed E-state index contributed by atoms with van der Waals surface area (Å²) in [5.74, 6) is -2.44. The van der Waals surface area contributed by atoms with Crippen LogP contribution in [0.2, 0.25) is 0 Å². The summed E-state index contributed by atoms with van der Waals surface area (Å²) < 4.78 is 15.5. The number of fused-ring (bicyclic) bond motifs is 3. The molecule has 0 aliphatic heterocycles. The number of nitrogens with one attached hydrogen (secondary N) is 2. The summed E-state index contributed by atoms with van der Waals surface area (Å²) in [6.07, 6.45) is -3.01. The second-order valence-electron chi connectivity index (χ2n) is 9.34. The third-order valence-corrected chi connectivity index (χ3v) is 5.45. The number of carboxylic acids is 1. The smallest absolute Gasteiger partial charge is 0.408 e. The zero-order chi connectivity index (χ0) is 26.5. The minimum Gasteiger partial charge on any atom is -0.480 e. The van der Waals surface area contributed by atoms with Crippen molar-refractivity contribution < 1.29 is 38.5 Å². The van der Waals surface area contributed by atoms with Crippen LogP contribution in [-0.2, 0) is 23.8 Å². The Labute approximate surface area is 208 Å². The van der Waals surface area contributed by atoms with E-state index >= 15 is 0 Å². The van der Waals surface area contributed by atoms with Crippen molar-refractivity contribution in [3.63, 3.8) is 0 Å². The van der Waals surface area contributed by atoms with E-state index in [0.29, 0.717) is 0 Å². The Balaban J connectivity index is 1.49. The Morgan fingerprint density at radius 3 is 2.03 bits per heavy atom. The van der Waals surface area contributed by atoms with E-state index in [1.807, 2.05) is 48.5 Å². The molecule has 2 aromatic rings. The number of ether oxygens (including phenoxy) is 3. The van der Waals surface area contributed by atoms with Gasteiger partial charge < -0.3 is 30.0 Å². The zero-order valence-corrected chi connectivity index (χ0v) is 20.6. The van der Waals surface area contributed by atoms with Gasteiger partial charge in [0.2, 0.25) is 0 Å². The van der Waals surface area contributed by atoms with Gasteiger partial charge in [0.05, 0.1) is 0 Å². The maximum Gasteiger partial charge on any atom is 0.408 e. The van der Waals surface area contributed by atoms with Crippen molar-refractivity contribution >= 4 is 24.1 Å². The fraction of sp³-hybridized carbons (Fsp3) is 0.385. The molecule has 0 radical (unpaired) electrons. The fourth-order valence-electron chi connectivity index (χ4n) is 3.93. The number of hydrogen-bond donors (Lipinski definition) is 3. The molecule has 2 amide bonds. The maximum absolute atomic E-state index is 12.2. The predicted octanol–water partition coefficient (Wildman–Crippen LogP) is 3.43. The Hall–Kier alpha value is -4.08. The van der Waals surface area contributed by atoms with Crippen LogP contribution in [0.15, 0.2) is 48.5 Å². The van der Waals surface area contributed by atoms with E-state index in [0.717, 1.165) is 22.3 Å². The van der Waals surface area contributed by atoms with Crippen LogP contribution in [0.25, 0.3) is 11.1 Å². The second-order valence-corrected chi connectivity index (χ2v) is 9.34. The van der Waals surface area contributed by atoms with Gasteiger partial charge in [-0.1, -0.05) is 48.5 Å². The summed E-state index contributed by atoms with van der Waals surface area (Å²) >= 11 is 0. The molecule has 0 unspecified atom stereocenters. The average molecular weight is 499 g/mol. The van der Waals surface area contributed by atoms with Crippen LogP contribution >= 0.6 is 0 Å². The van der Waals surface area contributed by atoms with Crippen molar-refractivity contribution in [2.75, 3.05) is 13.2 Å². The molecular weight excluding hydrogens is 468 g/mol. The molecule has 0 saturated carbocycles. The summed E-state index contributed by atoms with van der Waals surface area (Å²) in [6.45, 7) is 5.72. The molecule has 0 spiro atoms. The molecule has 3 rings (SSSR count). The first-order chi connectivity index (χ1) is 17.0. The van der Waals surface area contributed by atoms with Crippen LogP contribution in [0, 0.1) is 0 Å². The molecule has 10 nitrogen and oxygen atoms in total. The van der Waals surface area contributed by atoms with Gasteiger partial charge in [-0.2, -0.15) is 0 Å². The minimum absolute atomic E-state index is 0.0756. The van der Waals surface area contributed by atoms with Gasteiger partial charge in [0.15, 0.2) is 6.04 Å². The first-order valence-electron chi connectivity index (χ1n) is 11.5. The van der Waals surface area contributed by atoms with Gasteiger partial charge in [0, 0.05) is 5.92 Å².